The van der Waals surface area contributed by atoms with E-state index in [2.05, 4.69) is 23.7 Å². The molecule has 2 N–H and O–H groups in total. The van der Waals surface area contributed by atoms with Crippen LogP contribution in [0.15, 0.2) is 30.6 Å². The molecule has 0 aliphatic rings. The van der Waals surface area contributed by atoms with Crippen molar-refractivity contribution in [2.45, 2.75) is 26.3 Å². The Labute approximate surface area is 118 Å². The maximum Gasteiger partial charge on any atom is 0.129 e. The van der Waals surface area contributed by atoms with Gasteiger partial charge in [0.05, 0.1) is 13.1 Å². The summed E-state index contributed by atoms with van der Waals surface area (Å²) in [5.74, 6) is 6.29. The summed E-state index contributed by atoms with van der Waals surface area (Å²) in [4.78, 5) is 4.29. The number of hydrogen-bond donors (Lipinski definition) is 1. The maximum atomic E-state index is 14.1. The van der Waals surface area contributed by atoms with Crippen LogP contribution < -0.4 is 5.73 Å². The minimum Gasteiger partial charge on any atom is -0.330 e. The Balaban J connectivity index is 2.19. The van der Waals surface area contributed by atoms with Gasteiger partial charge in [0.2, 0.25) is 0 Å². The molecule has 2 aromatic rings. The van der Waals surface area contributed by atoms with Gasteiger partial charge in [-0.05, 0) is 18.6 Å². The normalized spacial score (nSPS) is 10.2. The Kier molecular flexibility index (Phi) is 4.91. The van der Waals surface area contributed by atoms with E-state index in [9.17, 15) is 4.39 Å². The van der Waals surface area contributed by atoms with E-state index in [4.69, 9.17) is 5.73 Å². The molecule has 20 heavy (non-hydrogen) atoms. The fourth-order valence-corrected chi connectivity index (χ4v) is 2.03. The van der Waals surface area contributed by atoms with Crippen LogP contribution in [0.4, 0.5) is 4.39 Å². The van der Waals surface area contributed by atoms with Gasteiger partial charge in [-0.2, -0.15) is 0 Å². The molecule has 0 bridgehead atoms. The van der Waals surface area contributed by atoms with E-state index in [-0.39, 0.29) is 12.4 Å². The molecule has 0 fully saturated rings. The Morgan fingerprint density at radius 3 is 2.95 bits per heavy atom. The summed E-state index contributed by atoms with van der Waals surface area (Å²) in [6.45, 7) is 2.87. The first-order chi connectivity index (χ1) is 9.74. The molecule has 0 atom stereocenters. The monoisotopic (exact) mass is 271 g/mol. The van der Waals surface area contributed by atoms with Gasteiger partial charge in [-0.1, -0.05) is 24.8 Å². The molecule has 4 heteroatoms. The molecule has 1 aromatic carbocycles. The van der Waals surface area contributed by atoms with Gasteiger partial charge in [0.25, 0.3) is 0 Å². The van der Waals surface area contributed by atoms with E-state index >= 15 is 0 Å². The lowest BCUT2D eigenvalue weighted by molar-refractivity contribution is 0.592. The number of nitrogens with two attached hydrogens (primary N) is 1. The predicted octanol–water partition coefficient (Wildman–Crippen LogP) is 2.33. The van der Waals surface area contributed by atoms with E-state index in [0.29, 0.717) is 17.7 Å². The first-order valence-electron chi connectivity index (χ1n) is 6.72. The largest absolute Gasteiger partial charge is 0.330 e. The van der Waals surface area contributed by atoms with Crippen LogP contribution in [0.25, 0.3) is 0 Å². The minimum absolute atomic E-state index is 0.245. The van der Waals surface area contributed by atoms with E-state index in [1.807, 2.05) is 16.8 Å². The smallest absolute Gasteiger partial charge is 0.129 e. The number of rotatable bonds is 4. The fraction of sp³-hybridized carbons (Fsp3) is 0.312. The van der Waals surface area contributed by atoms with E-state index in [1.54, 1.807) is 12.3 Å². The number of benzene rings is 1. The van der Waals surface area contributed by atoms with Gasteiger partial charge in [-0.15, -0.1) is 0 Å². The second-order valence-electron chi connectivity index (χ2n) is 4.53. The number of aryl methyl sites for hydroxylation is 1. The maximum absolute atomic E-state index is 14.1. The molecule has 0 unspecified atom stereocenters. The molecule has 0 aliphatic carbocycles. The van der Waals surface area contributed by atoms with E-state index < -0.39 is 0 Å². The average Bonchev–Trinajstić information content (AvgIpc) is 2.87. The molecule has 1 aromatic heterocycles. The highest BCUT2D eigenvalue weighted by atomic mass is 19.1. The lowest BCUT2D eigenvalue weighted by Gasteiger charge is -2.08. The Morgan fingerprint density at radius 1 is 1.40 bits per heavy atom. The van der Waals surface area contributed by atoms with Gasteiger partial charge in [-0.3, -0.25) is 0 Å². The van der Waals surface area contributed by atoms with Crippen molar-refractivity contribution in [2.75, 3.05) is 6.54 Å². The Morgan fingerprint density at radius 2 is 2.25 bits per heavy atom. The van der Waals surface area contributed by atoms with Crippen molar-refractivity contribution in [3.05, 3.63) is 53.4 Å². The first kappa shape index (κ1) is 14.3. The minimum atomic E-state index is -0.245. The molecule has 0 amide bonds. The quantitative estimate of drug-likeness (QED) is 0.867. The molecule has 0 saturated heterocycles. The van der Waals surface area contributed by atoms with Crippen molar-refractivity contribution in [1.82, 2.24) is 9.55 Å². The van der Waals surface area contributed by atoms with Gasteiger partial charge in [0, 0.05) is 29.9 Å². The van der Waals surface area contributed by atoms with Gasteiger partial charge in [0.1, 0.15) is 11.6 Å². The van der Waals surface area contributed by atoms with Crippen LogP contribution in [0.1, 0.15) is 30.3 Å². The SMILES string of the molecule is CCCc1nccn1Cc1ccc(C#CCN)cc1F. The van der Waals surface area contributed by atoms with E-state index in [0.717, 1.165) is 18.7 Å². The van der Waals surface area contributed by atoms with Gasteiger partial charge in [0.15, 0.2) is 0 Å². The van der Waals surface area contributed by atoms with Crippen LogP contribution in [0.5, 0.6) is 0 Å². The van der Waals surface area contributed by atoms with E-state index in [1.165, 1.54) is 6.07 Å². The van der Waals surface area contributed by atoms with Crippen LogP contribution in [-0.4, -0.2) is 16.1 Å². The molecule has 3 nitrogen and oxygen atoms in total. The first-order valence-corrected chi connectivity index (χ1v) is 6.72. The Bertz CT molecular complexity index is 635. The third-order valence-corrected chi connectivity index (χ3v) is 3.00. The average molecular weight is 271 g/mol. The zero-order valence-electron chi connectivity index (χ0n) is 11.6. The zero-order valence-corrected chi connectivity index (χ0v) is 11.6. The molecule has 0 radical (unpaired) electrons. The molecule has 1 heterocycles. The highest BCUT2D eigenvalue weighted by Crippen LogP contribution is 2.13. The molecule has 0 aliphatic heterocycles. The zero-order chi connectivity index (χ0) is 14.4. The highest BCUT2D eigenvalue weighted by Gasteiger charge is 2.07. The molecule has 104 valence electrons. The van der Waals surface area contributed by atoms with Crippen LogP contribution in [0.3, 0.4) is 0 Å². The summed E-state index contributed by atoms with van der Waals surface area (Å²) in [5, 5.41) is 0. The summed E-state index contributed by atoms with van der Waals surface area (Å²) in [5.41, 5.74) is 6.59. The fourth-order valence-electron chi connectivity index (χ4n) is 2.03. The number of nitrogens with zero attached hydrogens (tertiary/aromatic N) is 2. The second-order valence-corrected chi connectivity index (χ2v) is 4.53. The third-order valence-electron chi connectivity index (χ3n) is 3.00. The lowest BCUT2D eigenvalue weighted by Crippen LogP contribution is -2.06. The lowest BCUT2D eigenvalue weighted by atomic mass is 10.1. The molecular formula is C16H18FN3. The standard InChI is InChI=1S/C16H18FN3/c1-2-4-16-19-9-10-20(16)12-14-7-6-13(5-3-8-18)11-15(14)17/h6-7,9-11H,2,4,8,12,18H2,1H3. The predicted molar refractivity (Wildman–Crippen MR) is 77.7 cm³/mol. The topological polar surface area (TPSA) is 43.8 Å². The number of halogens is 1. The summed E-state index contributed by atoms with van der Waals surface area (Å²) >= 11 is 0. The summed E-state index contributed by atoms with van der Waals surface area (Å²) in [6.07, 6.45) is 5.55. The van der Waals surface area contributed by atoms with Crippen molar-refractivity contribution in [3.63, 3.8) is 0 Å². The van der Waals surface area contributed by atoms with Crippen molar-refractivity contribution in [2.24, 2.45) is 5.73 Å². The van der Waals surface area contributed by atoms with Crippen molar-refractivity contribution in [1.29, 1.82) is 0 Å². The van der Waals surface area contributed by atoms with Crippen LogP contribution >= 0.6 is 0 Å². The van der Waals surface area contributed by atoms with Crippen molar-refractivity contribution in [3.8, 4) is 11.8 Å². The molecule has 0 spiro atoms. The highest BCUT2D eigenvalue weighted by molar-refractivity contribution is 5.37. The van der Waals surface area contributed by atoms with Gasteiger partial charge >= 0.3 is 0 Å². The Hall–Kier alpha value is -2.12. The summed E-state index contributed by atoms with van der Waals surface area (Å²) in [6, 6.07) is 5.04. The van der Waals surface area contributed by atoms with Crippen LogP contribution in [0.2, 0.25) is 0 Å². The van der Waals surface area contributed by atoms with Gasteiger partial charge < -0.3 is 10.3 Å². The summed E-state index contributed by atoms with van der Waals surface area (Å²) < 4.78 is 16.0. The molecule has 2 rings (SSSR count). The van der Waals surface area contributed by atoms with Crippen molar-refractivity contribution < 1.29 is 4.39 Å². The van der Waals surface area contributed by atoms with Crippen LogP contribution in [0, 0.1) is 17.7 Å². The van der Waals surface area contributed by atoms with Crippen molar-refractivity contribution >= 4 is 0 Å². The number of aromatic nitrogens is 2. The summed E-state index contributed by atoms with van der Waals surface area (Å²) in [7, 11) is 0. The third kappa shape index (κ3) is 3.46. The second kappa shape index (κ2) is 6.88. The number of hydrogen-bond acceptors (Lipinski definition) is 2. The molecular weight excluding hydrogens is 253 g/mol. The van der Waals surface area contributed by atoms with Gasteiger partial charge in [-0.25, -0.2) is 9.37 Å². The molecule has 0 saturated carbocycles. The van der Waals surface area contributed by atoms with Crippen LogP contribution in [-0.2, 0) is 13.0 Å². The number of imidazole rings is 1.